The zero-order chi connectivity index (χ0) is 15.4. The van der Waals surface area contributed by atoms with Crippen LogP contribution in [-0.4, -0.2) is 29.1 Å². The quantitative estimate of drug-likeness (QED) is 0.405. The predicted molar refractivity (Wildman–Crippen MR) is 79.6 cm³/mol. The Bertz CT molecular complexity index is 690. The van der Waals surface area contributed by atoms with Gasteiger partial charge in [-0.2, -0.15) is 4.74 Å². The number of aromatic carboxylic acids is 1. The van der Waals surface area contributed by atoms with Crippen molar-refractivity contribution < 1.29 is 19.4 Å². The van der Waals surface area contributed by atoms with Crippen molar-refractivity contribution in [1.82, 2.24) is 0 Å². The van der Waals surface area contributed by atoms with Gasteiger partial charge in [0.25, 0.3) is 0 Å². The third kappa shape index (κ3) is 3.39. The molecule has 0 heterocycles. The van der Waals surface area contributed by atoms with Gasteiger partial charge in [-0.1, -0.05) is 0 Å². The van der Waals surface area contributed by atoms with Crippen molar-refractivity contribution in [2.75, 3.05) is 7.11 Å². The molecule has 0 aromatic heterocycles. The number of hydrogen-bond acceptors (Lipinski definition) is 3. The summed E-state index contributed by atoms with van der Waals surface area (Å²) < 4.78 is 5.78. The van der Waals surface area contributed by atoms with Gasteiger partial charge in [-0.05, 0) is 43.3 Å². The topological polar surface area (TPSA) is 72.6 Å². The van der Waals surface area contributed by atoms with Crippen LogP contribution in [0.5, 0.6) is 5.75 Å². The summed E-state index contributed by atoms with van der Waals surface area (Å²) in [5.74, 6) is -0.298. The molecular weight excluding hydrogens is 270 g/mol. The summed E-state index contributed by atoms with van der Waals surface area (Å²) in [5, 5.41) is 21.1. The Kier molecular flexibility index (Phi) is 4.23. The number of methoxy groups -OCH3 is 1. The van der Waals surface area contributed by atoms with E-state index in [0.717, 1.165) is 10.3 Å². The van der Waals surface area contributed by atoms with Crippen LogP contribution >= 0.6 is 0 Å². The molecule has 1 N–H and O–H groups in total. The van der Waals surface area contributed by atoms with Crippen LogP contribution in [0.4, 0.5) is 5.69 Å². The molecule has 0 atom stereocenters. The van der Waals surface area contributed by atoms with E-state index in [-0.39, 0.29) is 5.56 Å². The third-order valence-corrected chi connectivity index (χ3v) is 3.06. The smallest absolute Gasteiger partial charge is 0.335 e. The number of carboxylic acid groups (broad SMARTS) is 1. The van der Waals surface area contributed by atoms with Crippen molar-refractivity contribution in [2.45, 2.75) is 6.92 Å². The van der Waals surface area contributed by atoms with Crippen LogP contribution in [0.15, 0.2) is 42.5 Å². The average Bonchev–Trinajstić information content (AvgIpc) is 2.47. The third-order valence-electron chi connectivity index (χ3n) is 3.06. The summed E-state index contributed by atoms with van der Waals surface area (Å²) in [6.07, 6.45) is 1.43. The van der Waals surface area contributed by atoms with Crippen molar-refractivity contribution >= 4 is 17.9 Å². The van der Waals surface area contributed by atoms with Gasteiger partial charge >= 0.3 is 5.97 Å². The summed E-state index contributed by atoms with van der Waals surface area (Å²) in [7, 11) is 1.58. The van der Waals surface area contributed by atoms with Crippen molar-refractivity contribution in [3.8, 4) is 5.75 Å². The summed E-state index contributed by atoms with van der Waals surface area (Å²) in [5.41, 5.74) is 1.91. The number of hydrogen-bond donors (Lipinski definition) is 1. The zero-order valence-corrected chi connectivity index (χ0v) is 11.7. The Hall–Kier alpha value is -2.82. The van der Waals surface area contributed by atoms with Crippen LogP contribution in [0, 0.1) is 12.1 Å². The maximum absolute atomic E-state index is 12.2. The van der Waals surface area contributed by atoms with Gasteiger partial charge in [-0.3, -0.25) is 0 Å². The maximum Gasteiger partial charge on any atom is 0.335 e. The normalized spacial score (nSPS) is 11.2. The van der Waals surface area contributed by atoms with Crippen LogP contribution in [-0.2, 0) is 0 Å². The van der Waals surface area contributed by atoms with Crippen LogP contribution < -0.4 is 4.74 Å². The van der Waals surface area contributed by atoms with Gasteiger partial charge in [-0.15, -0.1) is 0 Å². The lowest BCUT2D eigenvalue weighted by Crippen LogP contribution is -2.03. The predicted octanol–water partition coefficient (Wildman–Crippen LogP) is 2.96. The summed E-state index contributed by atoms with van der Waals surface area (Å²) in [6.45, 7) is 1.70. The van der Waals surface area contributed by atoms with E-state index in [2.05, 4.69) is 0 Å². The second-order valence-electron chi connectivity index (χ2n) is 4.53. The molecule has 0 bridgehead atoms. The molecular formula is C16H15NO4. The largest absolute Gasteiger partial charge is 0.618 e. The van der Waals surface area contributed by atoms with E-state index < -0.39 is 5.97 Å². The van der Waals surface area contributed by atoms with E-state index in [9.17, 15) is 10.0 Å². The lowest BCUT2D eigenvalue weighted by Gasteiger charge is -2.07. The molecule has 108 valence electrons. The van der Waals surface area contributed by atoms with E-state index in [4.69, 9.17) is 9.84 Å². The molecule has 0 spiro atoms. The van der Waals surface area contributed by atoms with Gasteiger partial charge in [0.05, 0.1) is 12.7 Å². The average molecular weight is 285 g/mol. The molecule has 0 fully saturated rings. The monoisotopic (exact) mass is 285 g/mol. The Morgan fingerprint density at radius 2 is 1.90 bits per heavy atom. The van der Waals surface area contributed by atoms with Crippen LogP contribution in [0.1, 0.15) is 21.5 Å². The highest BCUT2D eigenvalue weighted by Gasteiger charge is 2.11. The van der Waals surface area contributed by atoms with Gasteiger partial charge < -0.3 is 15.1 Å². The summed E-state index contributed by atoms with van der Waals surface area (Å²) >= 11 is 0. The van der Waals surface area contributed by atoms with Gasteiger partial charge in [-0.25, -0.2) is 4.79 Å². The Morgan fingerprint density at radius 1 is 1.24 bits per heavy atom. The maximum atomic E-state index is 12.2. The minimum atomic E-state index is -1.01. The molecule has 0 aliphatic carbocycles. The van der Waals surface area contributed by atoms with Gasteiger partial charge in [0.15, 0.2) is 6.21 Å². The van der Waals surface area contributed by atoms with E-state index in [1.807, 2.05) is 0 Å². The van der Waals surface area contributed by atoms with Crippen molar-refractivity contribution in [1.29, 1.82) is 0 Å². The Balaban J connectivity index is 2.31. The van der Waals surface area contributed by atoms with Gasteiger partial charge in [0.2, 0.25) is 5.69 Å². The number of carboxylic acids is 1. The van der Waals surface area contributed by atoms with Crippen molar-refractivity contribution in [2.24, 2.45) is 0 Å². The highest BCUT2D eigenvalue weighted by atomic mass is 16.5. The molecule has 0 aliphatic rings. The number of benzene rings is 2. The molecule has 5 nitrogen and oxygen atoms in total. The number of aryl methyl sites for hydroxylation is 1. The summed E-state index contributed by atoms with van der Waals surface area (Å²) in [6, 6.07) is 11.5. The molecule has 0 saturated carbocycles. The second-order valence-corrected chi connectivity index (χ2v) is 4.53. The van der Waals surface area contributed by atoms with E-state index in [1.165, 1.54) is 24.4 Å². The second kappa shape index (κ2) is 6.09. The first kappa shape index (κ1) is 14.6. The first-order valence-electron chi connectivity index (χ1n) is 6.30. The highest BCUT2D eigenvalue weighted by molar-refractivity contribution is 5.88. The number of carbonyl (C=O) groups is 1. The fraction of sp³-hybridized carbons (Fsp3) is 0.125. The molecule has 2 aromatic rings. The lowest BCUT2D eigenvalue weighted by molar-refractivity contribution is -0.355. The Morgan fingerprint density at radius 3 is 2.43 bits per heavy atom. The molecule has 2 rings (SSSR count). The molecule has 0 aliphatic heterocycles. The molecule has 0 saturated heterocycles. The standard InChI is InChI=1S/C16H15NO4/c1-11-9-13(16(18)19)5-8-15(11)17(20)10-12-3-6-14(21-2)7-4-12/h3-10H,1-2H3,(H,18,19). The lowest BCUT2D eigenvalue weighted by atomic mass is 10.1. The van der Waals surface area contributed by atoms with E-state index >= 15 is 0 Å². The first-order chi connectivity index (χ1) is 10.0. The number of rotatable bonds is 4. The molecule has 0 unspecified atom stereocenters. The number of ether oxygens (including phenoxy) is 1. The van der Waals surface area contributed by atoms with Crippen LogP contribution in [0.2, 0.25) is 0 Å². The fourth-order valence-electron chi connectivity index (χ4n) is 1.93. The molecule has 0 radical (unpaired) electrons. The summed E-state index contributed by atoms with van der Waals surface area (Å²) in [4.78, 5) is 10.9. The number of nitrogens with zero attached hydrogens (tertiary/aromatic N) is 1. The molecule has 0 amide bonds. The van der Waals surface area contributed by atoms with Crippen LogP contribution in [0.25, 0.3) is 0 Å². The highest BCUT2D eigenvalue weighted by Crippen LogP contribution is 2.19. The minimum Gasteiger partial charge on any atom is -0.618 e. The van der Waals surface area contributed by atoms with E-state index in [1.54, 1.807) is 38.3 Å². The Labute approximate surface area is 122 Å². The van der Waals surface area contributed by atoms with Crippen LogP contribution in [0.3, 0.4) is 0 Å². The molecule has 2 aromatic carbocycles. The SMILES string of the molecule is COc1ccc(C=[N+]([O-])c2ccc(C(=O)O)cc2C)cc1. The molecule has 5 heteroatoms. The van der Waals surface area contributed by atoms with Crippen molar-refractivity contribution in [3.05, 3.63) is 64.4 Å². The van der Waals surface area contributed by atoms with Crippen molar-refractivity contribution in [3.63, 3.8) is 0 Å². The minimum absolute atomic E-state index is 0.161. The fourth-order valence-corrected chi connectivity index (χ4v) is 1.93. The van der Waals surface area contributed by atoms with E-state index in [0.29, 0.717) is 17.0 Å². The molecule has 21 heavy (non-hydrogen) atoms. The van der Waals surface area contributed by atoms with Gasteiger partial charge in [0, 0.05) is 17.2 Å². The van der Waals surface area contributed by atoms with Gasteiger partial charge in [0.1, 0.15) is 5.75 Å². The zero-order valence-electron chi connectivity index (χ0n) is 11.7. The first-order valence-corrected chi connectivity index (χ1v) is 6.30.